The summed E-state index contributed by atoms with van der Waals surface area (Å²) in [4.78, 5) is 29.2. The summed E-state index contributed by atoms with van der Waals surface area (Å²) in [6, 6.07) is 13.3. The zero-order valence-electron chi connectivity index (χ0n) is 15.9. The minimum Gasteiger partial charge on any atom is -0.369 e. The van der Waals surface area contributed by atoms with E-state index in [0.717, 1.165) is 40.7 Å². The Morgan fingerprint density at radius 3 is 2.64 bits per heavy atom. The molecule has 0 saturated carbocycles. The first-order chi connectivity index (χ1) is 13.5. The molecule has 2 N–H and O–H groups in total. The summed E-state index contributed by atoms with van der Waals surface area (Å²) in [6.45, 7) is 4.99. The van der Waals surface area contributed by atoms with Crippen molar-refractivity contribution in [1.82, 2.24) is 4.90 Å². The standard InChI is InChI=1S/C21H24ClN3O2S/c1-15-17(22)7-4-8-18(15)24-10-5-11-25(13-12-24)21(27)16-6-2-3-9-19(16)28-14-20(23)26/h2-4,6-9H,5,10-14H2,1H3,(H2,23,26). The first kappa shape index (κ1) is 20.6. The van der Waals surface area contributed by atoms with E-state index in [9.17, 15) is 9.59 Å². The van der Waals surface area contributed by atoms with E-state index in [1.54, 1.807) is 0 Å². The number of amides is 2. The first-order valence-corrected chi connectivity index (χ1v) is 10.6. The maximum Gasteiger partial charge on any atom is 0.255 e. The lowest BCUT2D eigenvalue weighted by Gasteiger charge is -2.26. The van der Waals surface area contributed by atoms with Gasteiger partial charge in [-0.25, -0.2) is 0 Å². The molecule has 3 rings (SSSR count). The summed E-state index contributed by atoms with van der Waals surface area (Å²) in [6.07, 6.45) is 0.883. The third-order valence-corrected chi connectivity index (χ3v) is 6.36. The van der Waals surface area contributed by atoms with Crippen molar-refractivity contribution in [3.05, 3.63) is 58.6 Å². The maximum atomic E-state index is 13.1. The van der Waals surface area contributed by atoms with E-state index in [1.807, 2.05) is 48.2 Å². The molecule has 0 bridgehead atoms. The van der Waals surface area contributed by atoms with Crippen molar-refractivity contribution in [3.8, 4) is 0 Å². The van der Waals surface area contributed by atoms with E-state index in [4.69, 9.17) is 17.3 Å². The number of nitrogens with zero attached hydrogens (tertiary/aromatic N) is 2. The molecule has 0 aliphatic carbocycles. The molecule has 148 valence electrons. The molecular formula is C21H24ClN3O2S. The van der Waals surface area contributed by atoms with E-state index in [1.165, 1.54) is 11.8 Å². The summed E-state index contributed by atoms with van der Waals surface area (Å²) >= 11 is 7.58. The van der Waals surface area contributed by atoms with Crippen molar-refractivity contribution in [2.75, 3.05) is 36.8 Å². The number of rotatable bonds is 5. The van der Waals surface area contributed by atoms with Crippen LogP contribution in [0, 0.1) is 6.92 Å². The molecule has 0 atom stereocenters. The summed E-state index contributed by atoms with van der Waals surface area (Å²) in [5.41, 5.74) is 8.07. The van der Waals surface area contributed by atoms with Crippen LogP contribution in [-0.2, 0) is 4.79 Å². The van der Waals surface area contributed by atoms with Crippen LogP contribution < -0.4 is 10.6 Å². The van der Waals surface area contributed by atoms with Crippen LogP contribution in [0.3, 0.4) is 0 Å². The van der Waals surface area contributed by atoms with Gasteiger partial charge >= 0.3 is 0 Å². The van der Waals surface area contributed by atoms with Crippen LogP contribution in [0.1, 0.15) is 22.3 Å². The molecule has 1 fully saturated rings. The molecule has 0 radical (unpaired) electrons. The average Bonchev–Trinajstić information content (AvgIpc) is 2.94. The molecule has 2 amide bonds. The average molecular weight is 418 g/mol. The number of nitrogens with two attached hydrogens (primary N) is 1. The largest absolute Gasteiger partial charge is 0.369 e. The number of carbonyl (C=O) groups excluding carboxylic acids is 2. The highest BCUT2D eigenvalue weighted by molar-refractivity contribution is 8.00. The second-order valence-electron chi connectivity index (χ2n) is 6.77. The molecule has 2 aromatic rings. The minimum absolute atomic E-state index is 0.00256. The van der Waals surface area contributed by atoms with Crippen molar-refractivity contribution in [1.29, 1.82) is 0 Å². The number of anilines is 1. The fraction of sp³-hybridized carbons (Fsp3) is 0.333. The van der Waals surface area contributed by atoms with Crippen molar-refractivity contribution >= 4 is 40.9 Å². The predicted octanol–water partition coefficient (Wildman–Crippen LogP) is 3.58. The molecule has 28 heavy (non-hydrogen) atoms. The molecular weight excluding hydrogens is 394 g/mol. The van der Waals surface area contributed by atoms with Gasteiger partial charge in [0.2, 0.25) is 5.91 Å². The van der Waals surface area contributed by atoms with Gasteiger partial charge in [-0.1, -0.05) is 29.8 Å². The van der Waals surface area contributed by atoms with Gasteiger partial charge in [-0.3, -0.25) is 9.59 Å². The molecule has 2 aromatic carbocycles. The van der Waals surface area contributed by atoms with Gasteiger partial charge in [0, 0.05) is 41.8 Å². The quantitative estimate of drug-likeness (QED) is 0.755. The molecule has 7 heteroatoms. The number of hydrogen-bond donors (Lipinski definition) is 1. The minimum atomic E-state index is -0.394. The van der Waals surface area contributed by atoms with Crippen LogP contribution in [0.15, 0.2) is 47.4 Å². The zero-order chi connectivity index (χ0) is 20.1. The number of hydrogen-bond acceptors (Lipinski definition) is 4. The van der Waals surface area contributed by atoms with Crippen LogP contribution in [0.4, 0.5) is 5.69 Å². The molecule has 1 aliphatic heterocycles. The number of primary amides is 1. The van der Waals surface area contributed by atoms with E-state index < -0.39 is 5.91 Å². The highest BCUT2D eigenvalue weighted by atomic mass is 35.5. The molecule has 0 aromatic heterocycles. The van der Waals surface area contributed by atoms with Gasteiger partial charge in [0.1, 0.15) is 0 Å². The second kappa shape index (κ2) is 9.34. The predicted molar refractivity (Wildman–Crippen MR) is 115 cm³/mol. The zero-order valence-corrected chi connectivity index (χ0v) is 17.4. The van der Waals surface area contributed by atoms with Gasteiger partial charge in [0.05, 0.1) is 11.3 Å². The Morgan fingerprint density at radius 1 is 1.07 bits per heavy atom. The first-order valence-electron chi connectivity index (χ1n) is 9.27. The summed E-state index contributed by atoms with van der Waals surface area (Å²) in [5.74, 6) is -0.238. The smallest absolute Gasteiger partial charge is 0.255 e. The fourth-order valence-corrected chi connectivity index (χ4v) is 4.34. The number of carbonyl (C=O) groups is 2. The molecule has 5 nitrogen and oxygen atoms in total. The van der Waals surface area contributed by atoms with Gasteiger partial charge in [0.15, 0.2) is 0 Å². The fourth-order valence-electron chi connectivity index (χ4n) is 3.39. The van der Waals surface area contributed by atoms with Gasteiger partial charge in [-0.2, -0.15) is 0 Å². The van der Waals surface area contributed by atoms with Crippen molar-refractivity contribution in [2.45, 2.75) is 18.2 Å². The highest BCUT2D eigenvalue weighted by Crippen LogP contribution is 2.28. The lowest BCUT2D eigenvalue weighted by atomic mass is 10.1. The van der Waals surface area contributed by atoms with E-state index in [-0.39, 0.29) is 11.7 Å². The lowest BCUT2D eigenvalue weighted by Crippen LogP contribution is -2.35. The Balaban J connectivity index is 1.73. The maximum absolute atomic E-state index is 13.1. The molecule has 0 unspecified atom stereocenters. The molecule has 1 heterocycles. The topological polar surface area (TPSA) is 66.6 Å². The van der Waals surface area contributed by atoms with Crippen molar-refractivity contribution < 1.29 is 9.59 Å². The monoisotopic (exact) mass is 417 g/mol. The van der Waals surface area contributed by atoms with Crippen molar-refractivity contribution in [2.24, 2.45) is 5.73 Å². The molecule has 0 spiro atoms. The van der Waals surface area contributed by atoms with Crippen LogP contribution in [0.25, 0.3) is 0 Å². The van der Waals surface area contributed by atoms with Crippen molar-refractivity contribution in [3.63, 3.8) is 0 Å². The third kappa shape index (κ3) is 4.80. The van der Waals surface area contributed by atoms with Crippen LogP contribution >= 0.6 is 23.4 Å². The van der Waals surface area contributed by atoms with E-state index in [2.05, 4.69) is 11.0 Å². The Morgan fingerprint density at radius 2 is 1.86 bits per heavy atom. The number of thioether (sulfide) groups is 1. The molecule has 1 saturated heterocycles. The summed E-state index contributed by atoms with van der Waals surface area (Å²) < 4.78 is 0. The van der Waals surface area contributed by atoms with E-state index in [0.29, 0.717) is 18.7 Å². The highest BCUT2D eigenvalue weighted by Gasteiger charge is 2.23. The van der Waals surface area contributed by atoms with Gasteiger partial charge in [-0.05, 0) is 43.2 Å². The Hall–Kier alpha value is -2.18. The third-order valence-electron chi connectivity index (χ3n) is 4.85. The molecule has 1 aliphatic rings. The van der Waals surface area contributed by atoms with Crippen LogP contribution in [-0.4, -0.2) is 48.6 Å². The normalized spacial score (nSPS) is 14.6. The van der Waals surface area contributed by atoms with Gasteiger partial charge < -0.3 is 15.5 Å². The Labute approximate surface area is 174 Å². The van der Waals surface area contributed by atoms with Crippen LogP contribution in [0.5, 0.6) is 0 Å². The second-order valence-corrected chi connectivity index (χ2v) is 8.19. The van der Waals surface area contributed by atoms with Crippen LogP contribution in [0.2, 0.25) is 5.02 Å². The van der Waals surface area contributed by atoms with E-state index >= 15 is 0 Å². The van der Waals surface area contributed by atoms with Gasteiger partial charge in [0.25, 0.3) is 5.91 Å². The Kier molecular flexibility index (Phi) is 6.86. The Bertz CT molecular complexity index is 874. The summed E-state index contributed by atoms with van der Waals surface area (Å²) in [7, 11) is 0. The SMILES string of the molecule is Cc1c(Cl)cccc1N1CCCN(C(=O)c2ccccc2SCC(N)=O)CC1. The van der Waals surface area contributed by atoms with Gasteiger partial charge in [-0.15, -0.1) is 11.8 Å². The lowest BCUT2D eigenvalue weighted by molar-refractivity contribution is -0.115. The summed E-state index contributed by atoms with van der Waals surface area (Å²) in [5, 5.41) is 0.759. The number of halogens is 1. The number of benzene rings is 2.